The van der Waals surface area contributed by atoms with Crippen LogP contribution in [0.5, 0.6) is 0 Å². The van der Waals surface area contributed by atoms with Crippen LogP contribution in [0.2, 0.25) is 0 Å². The van der Waals surface area contributed by atoms with E-state index in [4.69, 9.17) is 0 Å². The predicted octanol–water partition coefficient (Wildman–Crippen LogP) is 30.1. The Morgan fingerprint density at radius 3 is 0.723 bits per heavy atom. The lowest BCUT2D eigenvalue weighted by Crippen LogP contribution is -2.28. The highest BCUT2D eigenvalue weighted by Gasteiger charge is 2.39. The highest BCUT2D eigenvalue weighted by atomic mass is 31.1. The second-order valence-corrected chi connectivity index (χ2v) is 44.2. The average Bonchev–Trinajstić information content (AvgIpc) is 0.696. The van der Waals surface area contributed by atoms with E-state index < -0.39 is 31.7 Å². The molecular formula is C132H91P5. The summed E-state index contributed by atoms with van der Waals surface area (Å²) in [6, 6.07) is 207. The molecule has 644 valence electrons. The topological polar surface area (TPSA) is 0 Å². The molecule has 0 N–H and O–H groups in total. The van der Waals surface area contributed by atoms with Crippen molar-refractivity contribution < 1.29 is 0 Å². The normalized spacial score (nSPS) is 11.7. The first-order valence-electron chi connectivity index (χ1n) is 47.0. The largest absolute Gasteiger partial charge is 0.105 e. The van der Waals surface area contributed by atoms with Crippen LogP contribution in [0.4, 0.5) is 0 Å². The van der Waals surface area contributed by atoms with Crippen LogP contribution in [0.25, 0.3) is 165 Å². The molecule has 24 aromatic rings. The number of hydrogen-bond donors (Lipinski definition) is 0. The van der Waals surface area contributed by atoms with Crippen molar-refractivity contribution >= 4 is 175 Å². The van der Waals surface area contributed by atoms with Crippen LogP contribution in [0.3, 0.4) is 0 Å². The molecule has 0 aliphatic carbocycles. The van der Waals surface area contributed by atoms with Gasteiger partial charge in [0, 0.05) is 10.6 Å². The molecule has 0 saturated heterocycles. The number of hydrogen-bond acceptors (Lipinski definition) is 0. The Morgan fingerprint density at radius 1 is 0.139 bits per heavy atom. The van der Waals surface area contributed by atoms with Gasteiger partial charge < -0.3 is 0 Å². The monoisotopic (exact) mass is 1830 g/mol. The molecule has 0 aliphatic heterocycles. The van der Waals surface area contributed by atoms with Crippen LogP contribution in [0.1, 0.15) is 0 Å². The van der Waals surface area contributed by atoms with Crippen molar-refractivity contribution in [3.8, 4) is 100 Å². The quantitative estimate of drug-likeness (QED) is 0.0629. The molecule has 1 unspecified atom stereocenters. The average molecular weight is 1830 g/mol. The lowest BCUT2D eigenvalue weighted by Gasteiger charge is -2.33. The summed E-state index contributed by atoms with van der Waals surface area (Å²) in [4.78, 5) is 0. The minimum absolute atomic E-state index is 1.09. The molecule has 24 aromatic carbocycles. The first-order chi connectivity index (χ1) is 68.0. The Labute approximate surface area is 808 Å². The van der Waals surface area contributed by atoms with E-state index in [1.165, 1.54) is 151 Å². The maximum absolute atomic E-state index is 3.45. The SMILES string of the molecule is Pc1cc2ccccc2c(-c2c(-c3cccc4c(-c5c(P(c6ccccc6)c6ccccc6)ccc6ccccc56)c(P(c5ccccc5)c5ccccc5)c(-c5ccccc5)c(-c5ccccc5)c34)ccc3ccccc23)c1-c1cccc2c(-c3c(P(c4ccccc4)c4ccccc4)ccc4ccccc34)c(P(c3ccccc3)c3ccccc3)c(-c3ccccc3)c(-c3ccccc3)c12. The molecule has 0 amide bonds. The van der Waals surface area contributed by atoms with Crippen LogP contribution in [-0.2, 0) is 0 Å². The van der Waals surface area contributed by atoms with E-state index in [1.807, 2.05) is 0 Å². The standard InChI is InChI=1S/C132H91P5/c133-115-89-97-58-40-44-78-109(97)128(125(115)112-80-46-82-114-124(112)119(94-52-15-2-16-53-94)121(96-56-19-4-20-57-96)132(137(104-71-33-11-34-72-104)105-73-35-12-36-74-105)130(114)127-108-77-43-39-49-92(108)85-88-117(127)135(100-63-25-7-26-64-100)101-65-27-8-28-66-101)122-106-75-41-37-47-90(106)83-86-111(122)110-79-45-81-113-123(110)118(93-50-13-1-14-51-93)120(95-54-17-3-18-55-95)131(136(102-67-29-9-30-68-102)103-69-31-10-32-70-103)129(113)126-107-76-42-38-48-91(107)84-87-116(126)134(98-59-21-5-22-60-98)99-61-23-6-24-62-99/h1-89H,133H2. The molecular weight excluding hydrogens is 1740 g/mol. The van der Waals surface area contributed by atoms with Crippen LogP contribution in [0, 0.1) is 0 Å². The van der Waals surface area contributed by atoms with Gasteiger partial charge in [-0.3, -0.25) is 0 Å². The van der Waals surface area contributed by atoms with E-state index >= 15 is 0 Å². The fourth-order valence-electron chi connectivity index (χ4n) is 21.4. The summed E-state index contributed by atoms with van der Waals surface area (Å²) < 4.78 is 0. The van der Waals surface area contributed by atoms with Gasteiger partial charge in [-0.25, -0.2) is 0 Å². The fraction of sp³-hybridized carbons (Fsp3) is 0. The van der Waals surface area contributed by atoms with Gasteiger partial charge in [0.05, 0.1) is 0 Å². The van der Waals surface area contributed by atoms with Crippen molar-refractivity contribution in [3.63, 3.8) is 0 Å². The van der Waals surface area contributed by atoms with Crippen molar-refractivity contribution in [3.05, 3.63) is 540 Å². The summed E-state index contributed by atoms with van der Waals surface area (Å²) >= 11 is 0. The number of rotatable bonds is 21. The maximum Gasteiger partial charge on any atom is 0.00191 e. The molecule has 0 heterocycles. The number of fused-ring (bicyclic) bond motifs is 6. The highest BCUT2D eigenvalue weighted by molar-refractivity contribution is 7.82. The minimum Gasteiger partial charge on any atom is -0.105 e. The molecule has 0 aliphatic rings. The zero-order valence-corrected chi connectivity index (χ0v) is 80.0. The molecule has 0 radical (unpaired) electrons. The molecule has 0 fully saturated rings. The Kier molecular flexibility index (Phi) is 23.4. The summed E-state index contributed by atoms with van der Waals surface area (Å²) in [6.45, 7) is 0. The van der Waals surface area contributed by atoms with Crippen LogP contribution in [0.15, 0.2) is 540 Å². The first-order valence-corrected chi connectivity index (χ1v) is 53.0. The summed E-state index contributed by atoms with van der Waals surface area (Å²) in [5, 5.41) is 30.5. The van der Waals surface area contributed by atoms with Gasteiger partial charge in [0.2, 0.25) is 0 Å². The van der Waals surface area contributed by atoms with Gasteiger partial charge in [-0.15, -0.1) is 9.24 Å². The minimum atomic E-state index is -1.43. The second kappa shape index (κ2) is 37.7. The predicted molar refractivity (Wildman–Crippen MR) is 605 cm³/mol. The smallest absolute Gasteiger partial charge is 0.00191 e. The van der Waals surface area contributed by atoms with Gasteiger partial charge in [-0.1, -0.05) is 534 Å². The molecule has 24 rings (SSSR count). The Balaban J connectivity index is 0.908. The Bertz CT molecular complexity index is 8440. The third-order valence-corrected chi connectivity index (χ3v) is 37.5. The lowest BCUT2D eigenvalue weighted by molar-refractivity contribution is 1.61. The first kappa shape index (κ1) is 84.9. The lowest BCUT2D eigenvalue weighted by atomic mass is 9.77. The summed E-state index contributed by atoms with van der Waals surface area (Å²) in [7, 11) is -1.88. The molecule has 0 aromatic heterocycles. The Morgan fingerprint density at radius 2 is 0.387 bits per heavy atom. The summed E-state index contributed by atoms with van der Waals surface area (Å²) in [5.41, 5.74) is 21.1. The van der Waals surface area contributed by atoms with E-state index in [1.54, 1.807) is 0 Å². The summed E-state index contributed by atoms with van der Waals surface area (Å²) in [6.07, 6.45) is 0. The third-order valence-electron chi connectivity index (χ3n) is 27.0. The summed E-state index contributed by atoms with van der Waals surface area (Å²) in [5.74, 6) is 0. The molecule has 0 saturated carbocycles. The van der Waals surface area contributed by atoms with Gasteiger partial charge in [0.25, 0.3) is 0 Å². The van der Waals surface area contributed by atoms with Gasteiger partial charge in [-0.05, 0) is 261 Å². The third kappa shape index (κ3) is 15.5. The van der Waals surface area contributed by atoms with Crippen molar-refractivity contribution in [2.75, 3.05) is 0 Å². The van der Waals surface area contributed by atoms with E-state index in [0.29, 0.717) is 0 Å². The molecule has 5 heteroatoms. The van der Waals surface area contributed by atoms with Gasteiger partial charge >= 0.3 is 0 Å². The van der Waals surface area contributed by atoms with Crippen molar-refractivity contribution in [1.82, 2.24) is 0 Å². The van der Waals surface area contributed by atoms with E-state index in [-0.39, 0.29) is 0 Å². The van der Waals surface area contributed by atoms with Crippen molar-refractivity contribution in [1.29, 1.82) is 0 Å². The highest BCUT2D eigenvalue weighted by Crippen LogP contribution is 2.59. The van der Waals surface area contributed by atoms with Crippen LogP contribution < -0.4 is 69.0 Å². The Hall–Kier alpha value is -15.0. The molecule has 0 spiro atoms. The van der Waals surface area contributed by atoms with E-state index in [0.717, 1.165) is 82.5 Å². The van der Waals surface area contributed by atoms with Crippen LogP contribution in [-0.4, -0.2) is 0 Å². The van der Waals surface area contributed by atoms with E-state index in [9.17, 15) is 0 Å². The second-order valence-electron chi connectivity index (χ2n) is 34.9. The zero-order valence-electron chi connectivity index (χ0n) is 75.3. The molecule has 1 atom stereocenters. The van der Waals surface area contributed by atoms with Crippen molar-refractivity contribution in [2.24, 2.45) is 0 Å². The zero-order chi connectivity index (χ0) is 91.1. The molecule has 0 nitrogen and oxygen atoms in total. The number of benzene rings is 24. The van der Waals surface area contributed by atoms with Gasteiger partial charge in [-0.2, -0.15) is 0 Å². The van der Waals surface area contributed by atoms with Crippen LogP contribution >= 0.6 is 40.9 Å². The molecule has 137 heavy (non-hydrogen) atoms. The van der Waals surface area contributed by atoms with E-state index in [2.05, 4.69) is 549 Å². The molecule has 0 bridgehead atoms. The maximum atomic E-state index is 3.45. The van der Waals surface area contributed by atoms with Gasteiger partial charge in [0.15, 0.2) is 0 Å². The van der Waals surface area contributed by atoms with Gasteiger partial charge in [0.1, 0.15) is 0 Å². The van der Waals surface area contributed by atoms with Crippen molar-refractivity contribution in [2.45, 2.75) is 0 Å². The fourth-order valence-corrected chi connectivity index (χ4v) is 32.2.